The molecule has 1 amide bonds. The van der Waals surface area contributed by atoms with Gasteiger partial charge in [0.05, 0.1) is 33.0 Å². The Morgan fingerprint density at radius 2 is 1.70 bits per heavy atom. The van der Waals surface area contributed by atoms with Crippen molar-refractivity contribution in [2.75, 3.05) is 59.2 Å². The van der Waals surface area contributed by atoms with E-state index < -0.39 is 0 Å². The van der Waals surface area contributed by atoms with Crippen LogP contribution in [0.2, 0.25) is 0 Å². The standard InChI is InChI=1S/C22H36N4O4/c1-4-23-21(25-10-12-26(13-11-25)22(27)30-6-3)24-17-19-8-7-9-20(16-19)18-29-15-14-28-5-2/h7-9,16H,4-6,10-15,17-18H2,1-3H3,(H,23,24). The Balaban J connectivity index is 1.88. The molecule has 1 saturated heterocycles. The van der Waals surface area contributed by atoms with Crippen molar-refractivity contribution in [1.82, 2.24) is 15.1 Å². The second-order valence-electron chi connectivity index (χ2n) is 6.91. The van der Waals surface area contributed by atoms with Crippen LogP contribution in [0.1, 0.15) is 31.9 Å². The fraction of sp³-hybridized carbons (Fsp3) is 0.636. The molecule has 1 aromatic carbocycles. The molecule has 30 heavy (non-hydrogen) atoms. The number of guanidine groups is 1. The number of carbonyl (C=O) groups excluding carboxylic acids is 1. The van der Waals surface area contributed by atoms with Gasteiger partial charge in [-0.1, -0.05) is 24.3 Å². The lowest BCUT2D eigenvalue weighted by Crippen LogP contribution is -2.53. The zero-order chi connectivity index (χ0) is 21.6. The molecule has 0 aromatic heterocycles. The SMILES string of the molecule is CCNC(=NCc1cccc(COCCOCC)c1)N1CCN(C(=O)OCC)CC1. The Bertz CT molecular complexity index is 660. The van der Waals surface area contributed by atoms with Gasteiger partial charge in [-0.15, -0.1) is 0 Å². The highest BCUT2D eigenvalue weighted by Crippen LogP contribution is 2.10. The summed E-state index contributed by atoms with van der Waals surface area (Å²) < 4.78 is 16.0. The first-order valence-electron chi connectivity index (χ1n) is 10.9. The van der Waals surface area contributed by atoms with Crippen molar-refractivity contribution < 1.29 is 19.0 Å². The van der Waals surface area contributed by atoms with Crippen LogP contribution in [0, 0.1) is 0 Å². The lowest BCUT2D eigenvalue weighted by molar-refractivity contribution is 0.0453. The maximum Gasteiger partial charge on any atom is 0.409 e. The lowest BCUT2D eigenvalue weighted by Gasteiger charge is -2.35. The molecule has 8 heteroatoms. The summed E-state index contributed by atoms with van der Waals surface area (Å²) in [6, 6.07) is 8.31. The first-order valence-corrected chi connectivity index (χ1v) is 10.9. The van der Waals surface area contributed by atoms with Gasteiger partial charge in [-0.2, -0.15) is 0 Å². The Hall–Kier alpha value is -2.32. The fourth-order valence-corrected chi connectivity index (χ4v) is 3.18. The van der Waals surface area contributed by atoms with Crippen molar-refractivity contribution in [3.05, 3.63) is 35.4 Å². The van der Waals surface area contributed by atoms with Gasteiger partial charge in [0.15, 0.2) is 5.96 Å². The molecule has 1 fully saturated rings. The van der Waals surface area contributed by atoms with Crippen molar-refractivity contribution in [2.45, 2.75) is 33.9 Å². The molecular formula is C22H36N4O4. The minimum Gasteiger partial charge on any atom is -0.450 e. The Labute approximate surface area is 180 Å². The molecule has 0 bridgehead atoms. The predicted octanol–water partition coefficient (Wildman–Crippen LogP) is 2.48. The van der Waals surface area contributed by atoms with Crippen LogP contribution in [0.5, 0.6) is 0 Å². The summed E-state index contributed by atoms with van der Waals surface area (Å²) >= 11 is 0. The van der Waals surface area contributed by atoms with Crippen molar-refractivity contribution in [2.24, 2.45) is 4.99 Å². The number of carbonyl (C=O) groups is 1. The molecule has 0 radical (unpaired) electrons. The van der Waals surface area contributed by atoms with Crippen LogP contribution in [-0.4, -0.2) is 81.0 Å². The molecule has 0 spiro atoms. The average Bonchev–Trinajstić information content (AvgIpc) is 2.77. The Kier molecular flexibility index (Phi) is 11.0. The molecule has 1 heterocycles. The van der Waals surface area contributed by atoms with Crippen molar-refractivity contribution in [1.29, 1.82) is 0 Å². The zero-order valence-corrected chi connectivity index (χ0v) is 18.6. The molecule has 0 aliphatic carbocycles. The lowest BCUT2D eigenvalue weighted by atomic mass is 10.1. The first-order chi connectivity index (χ1) is 14.7. The van der Waals surface area contributed by atoms with Crippen LogP contribution in [0.25, 0.3) is 0 Å². The molecule has 0 atom stereocenters. The van der Waals surface area contributed by atoms with Crippen LogP contribution in [-0.2, 0) is 27.4 Å². The van der Waals surface area contributed by atoms with Crippen LogP contribution in [0.4, 0.5) is 4.79 Å². The van der Waals surface area contributed by atoms with E-state index in [-0.39, 0.29) is 6.09 Å². The number of benzene rings is 1. The van der Waals surface area contributed by atoms with Crippen molar-refractivity contribution in [3.8, 4) is 0 Å². The Morgan fingerprint density at radius 1 is 1.00 bits per heavy atom. The zero-order valence-electron chi connectivity index (χ0n) is 18.6. The molecule has 0 saturated carbocycles. The second kappa shape index (κ2) is 13.8. The third-order valence-corrected chi connectivity index (χ3v) is 4.69. The van der Waals surface area contributed by atoms with Crippen LogP contribution in [0.15, 0.2) is 29.3 Å². The monoisotopic (exact) mass is 420 g/mol. The summed E-state index contributed by atoms with van der Waals surface area (Å²) in [5.74, 6) is 0.874. The summed E-state index contributed by atoms with van der Waals surface area (Å²) in [5, 5.41) is 3.36. The van der Waals surface area contributed by atoms with Crippen LogP contribution in [0.3, 0.4) is 0 Å². The fourth-order valence-electron chi connectivity index (χ4n) is 3.18. The topological polar surface area (TPSA) is 75.6 Å². The van der Waals surface area contributed by atoms with Gasteiger partial charge in [0, 0.05) is 39.3 Å². The van der Waals surface area contributed by atoms with E-state index in [2.05, 4.69) is 35.3 Å². The van der Waals surface area contributed by atoms with E-state index in [4.69, 9.17) is 19.2 Å². The summed E-state index contributed by atoms with van der Waals surface area (Å²) in [7, 11) is 0. The normalized spacial score (nSPS) is 14.7. The van der Waals surface area contributed by atoms with Crippen molar-refractivity contribution in [3.63, 3.8) is 0 Å². The molecule has 1 N–H and O–H groups in total. The quantitative estimate of drug-likeness (QED) is 0.356. The highest BCUT2D eigenvalue weighted by Gasteiger charge is 2.23. The number of nitrogens with zero attached hydrogens (tertiary/aromatic N) is 3. The number of piperazine rings is 1. The van der Waals surface area contributed by atoms with Gasteiger partial charge in [-0.25, -0.2) is 9.79 Å². The maximum atomic E-state index is 11.9. The molecule has 168 valence electrons. The predicted molar refractivity (Wildman–Crippen MR) is 118 cm³/mol. The summed E-state index contributed by atoms with van der Waals surface area (Å²) in [6.45, 7) is 12.9. The van der Waals surface area contributed by atoms with Gasteiger partial charge in [0.2, 0.25) is 0 Å². The Morgan fingerprint density at radius 3 is 2.40 bits per heavy atom. The van der Waals surface area contributed by atoms with Gasteiger partial charge in [0.25, 0.3) is 0 Å². The molecular weight excluding hydrogens is 384 g/mol. The molecule has 8 nitrogen and oxygen atoms in total. The van der Waals surface area contributed by atoms with E-state index >= 15 is 0 Å². The largest absolute Gasteiger partial charge is 0.450 e. The van der Waals surface area contributed by atoms with Crippen LogP contribution >= 0.6 is 0 Å². The molecule has 1 aromatic rings. The summed E-state index contributed by atoms with van der Waals surface area (Å²) in [6.07, 6.45) is -0.237. The third kappa shape index (κ3) is 8.20. The van der Waals surface area contributed by atoms with Gasteiger partial charge >= 0.3 is 6.09 Å². The molecule has 1 aliphatic heterocycles. The summed E-state index contributed by atoms with van der Waals surface area (Å²) in [5.41, 5.74) is 2.27. The maximum absolute atomic E-state index is 11.9. The second-order valence-corrected chi connectivity index (χ2v) is 6.91. The third-order valence-electron chi connectivity index (χ3n) is 4.69. The van der Waals surface area contributed by atoms with E-state index in [1.807, 2.05) is 19.9 Å². The molecule has 2 rings (SSSR count). The first kappa shape index (κ1) is 24.0. The van der Waals surface area contributed by atoms with Gasteiger partial charge < -0.3 is 29.3 Å². The number of nitrogens with one attached hydrogen (secondary N) is 1. The van der Waals surface area contributed by atoms with E-state index in [0.717, 1.165) is 36.7 Å². The number of amides is 1. The van der Waals surface area contributed by atoms with Gasteiger partial charge in [-0.05, 0) is 31.9 Å². The van der Waals surface area contributed by atoms with Gasteiger partial charge in [-0.3, -0.25) is 0 Å². The number of rotatable bonds is 10. The molecule has 1 aliphatic rings. The van der Waals surface area contributed by atoms with E-state index in [1.165, 1.54) is 0 Å². The van der Waals surface area contributed by atoms with Gasteiger partial charge in [0.1, 0.15) is 0 Å². The highest BCUT2D eigenvalue weighted by atomic mass is 16.6. The van der Waals surface area contributed by atoms with E-state index in [9.17, 15) is 4.79 Å². The number of hydrogen-bond acceptors (Lipinski definition) is 5. The minimum atomic E-state index is -0.237. The smallest absolute Gasteiger partial charge is 0.409 e. The van der Waals surface area contributed by atoms with Crippen LogP contribution < -0.4 is 5.32 Å². The summed E-state index contributed by atoms with van der Waals surface area (Å²) in [4.78, 5) is 20.6. The minimum absolute atomic E-state index is 0.237. The number of hydrogen-bond donors (Lipinski definition) is 1. The van der Waals surface area contributed by atoms with Crippen molar-refractivity contribution >= 4 is 12.1 Å². The highest BCUT2D eigenvalue weighted by molar-refractivity contribution is 5.80. The molecule has 0 unspecified atom stereocenters. The average molecular weight is 421 g/mol. The number of ether oxygens (including phenoxy) is 3. The number of aliphatic imine (C=N–C) groups is 1. The van der Waals surface area contributed by atoms with E-state index in [0.29, 0.717) is 52.7 Å². The van der Waals surface area contributed by atoms with E-state index in [1.54, 1.807) is 4.90 Å².